The van der Waals surface area contributed by atoms with Crippen LogP contribution in [0.3, 0.4) is 0 Å². The van der Waals surface area contributed by atoms with E-state index in [2.05, 4.69) is 21.6 Å². The molecular formula is C14H14N4O. The summed E-state index contributed by atoms with van der Waals surface area (Å²) in [6.45, 7) is 3.70. The summed E-state index contributed by atoms with van der Waals surface area (Å²) in [5.74, 6) is 1.24. The van der Waals surface area contributed by atoms with E-state index in [1.165, 1.54) is 0 Å². The highest BCUT2D eigenvalue weighted by Gasteiger charge is 2.10. The summed E-state index contributed by atoms with van der Waals surface area (Å²) in [7, 11) is 1.62. The number of ether oxygens (including phenoxy) is 1. The van der Waals surface area contributed by atoms with Crippen LogP contribution in [0.25, 0.3) is 0 Å². The van der Waals surface area contributed by atoms with Crippen molar-refractivity contribution in [3.05, 3.63) is 41.1 Å². The third kappa shape index (κ3) is 2.63. The van der Waals surface area contributed by atoms with Crippen LogP contribution in [0.15, 0.2) is 24.3 Å². The molecule has 0 aliphatic carbocycles. The van der Waals surface area contributed by atoms with Crippen molar-refractivity contribution in [1.29, 1.82) is 5.26 Å². The summed E-state index contributed by atoms with van der Waals surface area (Å²) in [5, 5.41) is 20.4. The van der Waals surface area contributed by atoms with Crippen molar-refractivity contribution >= 4 is 11.5 Å². The molecule has 19 heavy (non-hydrogen) atoms. The van der Waals surface area contributed by atoms with Gasteiger partial charge in [-0.2, -0.15) is 10.4 Å². The standard InChI is InChI=1S/C14H14N4O/c1-9-10(2)17-18-14(13(9)8-15)16-11-4-6-12(19-3)7-5-11/h4-7H,1-3H3,(H,16,18). The summed E-state index contributed by atoms with van der Waals surface area (Å²) in [5.41, 5.74) is 2.95. The number of anilines is 2. The molecule has 0 saturated carbocycles. The fraction of sp³-hybridized carbons (Fsp3) is 0.214. The minimum Gasteiger partial charge on any atom is -0.497 e. The van der Waals surface area contributed by atoms with Gasteiger partial charge in [-0.25, -0.2) is 0 Å². The summed E-state index contributed by atoms with van der Waals surface area (Å²) in [6, 6.07) is 9.55. The average Bonchev–Trinajstić information content (AvgIpc) is 2.44. The first kappa shape index (κ1) is 12.8. The molecule has 0 aliphatic rings. The Bertz CT molecular complexity index is 629. The van der Waals surface area contributed by atoms with Gasteiger partial charge in [-0.3, -0.25) is 0 Å². The van der Waals surface area contributed by atoms with Crippen molar-refractivity contribution in [3.8, 4) is 11.8 Å². The van der Waals surface area contributed by atoms with Gasteiger partial charge in [0.05, 0.1) is 12.8 Å². The van der Waals surface area contributed by atoms with Gasteiger partial charge in [-0.15, -0.1) is 5.10 Å². The van der Waals surface area contributed by atoms with E-state index in [9.17, 15) is 5.26 Å². The molecule has 2 rings (SSSR count). The fourth-order valence-electron chi connectivity index (χ4n) is 1.64. The van der Waals surface area contributed by atoms with E-state index in [4.69, 9.17) is 4.74 Å². The number of aryl methyl sites for hydroxylation is 1. The van der Waals surface area contributed by atoms with Gasteiger partial charge < -0.3 is 10.1 Å². The van der Waals surface area contributed by atoms with Crippen LogP contribution in [0.1, 0.15) is 16.8 Å². The Hall–Kier alpha value is -2.61. The molecule has 1 aromatic carbocycles. The Morgan fingerprint density at radius 1 is 1.16 bits per heavy atom. The number of nitriles is 1. The van der Waals surface area contributed by atoms with E-state index < -0.39 is 0 Å². The summed E-state index contributed by atoms with van der Waals surface area (Å²) in [4.78, 5) is 0. The maximum absolute atomic E-state index is 9.21. The van der Waals surface area contributed by atoms with E-state index >= 15 is 0 Å². The average molecular weight is 254 g/mol. The number of rotatable bonds is 3. The first-order chi connectivity index (χ1) is 9.15. The molecule has 0 amide bonds. The van der Waals surface area contributed by atoms with Crippen molar-refractivity contribution in [3.63, 3.8) is 0 Å². The fourth-order valence-corrected chi connectivity index (χ4v) is 1.64. The molecule has 0 fully saturated rings. The predicted octanol–water partition coefficient (Wildman–Crippen LogP) is 2.72. The molecule has 1 aromatic heterocycles. The van der Waals surface area contributed by atoms with Crippen LogP contribution in [0.2, 0.25) is 0 Å². The van der Waals surface area contributed by atoms with Crippen molar-refractivity contribution in [2.45, 2.75) is 13.8 Å². The second-order valence-electron chi connectivity index (χ2n) is 4.10. The zero-order valence-electron chi connectivity index (χ0n) is 11.1. The molecule has 0 unspecified atom stereocenters. The number of hydrogen-bond donors (Lipinski definition) is 1. The molecule has 1 N–H and O–H groups in total. The highest BCUT2D eigenvalue weighted by Crippen LogP contribution is 2.22. The Morgan fingerprint density at radius 2 is 1.84 bits per heavy atom. The second-order valence-corrected chi connectivity index (χ2v) is 4.10. The molecule has 0 atom stereocenters. The minimum atomic E-state index is 0.468. The topological polar surface area (TPSA) is 70.8 Å². The van der Waals surface area contributed by atoms with E-state index in [1.807, 2.05) is 38.1 Å². The summed E-state index contributed by atoms with van der Waals surface area (Å²) >= 11 is 0. The van der Waals surface area contributed by atoms with Crippen LogP contribution in [0, 0.1) is 25.2 Å². The molecule has 0 saturated heterocycles. The van der Waals surface area contributed by atoms with Crippen LogP contribution in [0.5, 0.6) is 5.75 Å². The quantitative estimate of drug-likeness (QED) is 0.911. The zero-order valence-corrected chi connectivity index (χ0v) is 11.1. The van der Waals surface area contributed by atoms with Gasteiger partial charge in [-0.1, -0.05) is 0 Å². The molecule has 2 aromatic rings. The molecule has 5 nitrogen and oxygen atoms in total. The van der Waals surface area contributed by atoms with Crippen LogP contribution in [-0.2, 0) is 0 Å². The highest BCUT2D eigenvalue weighted by atomic mass is 16.5. The lowest BCUT2D eigenvalue weighted by Gasteiger charge is -2.09. The third-order valence-electron chi connectivity index (χ3n) is 2.92. The van der Waals surface area contributed by atoms with Gasteiger partial charge in [0.25, 0.3) is 0 Å². The van der Waals surface area contributed by atoms with Gasteiger partial charge in [0.15, 0.2) is 5.82 Å². The molecule has 0 spiro atoms. The molecule has 0 bridgehead atoms. The lowest BCUT2D eigenvalue weighted by Crippen LogP contribution is -2.03. The van der Waals surface area contributed by atoms with Gasteiger partial charge in [0.2, 0.25) is 0 Å². The maximum atomic E-state index is 9.21. The normalized spacial score (nSPS) is 9.79. The Labute approximate surface area is 111 Å². The number of nitrogens with one attached hydrogen (secondary N) is 1. The van der Waals surface area contributed by atoms with E-state index in [0.717, 1.165) is 22.7 Å². The molecular weight excluding hydrogens is 240 g/mol. The number of nitrogens with zero attached hydrogens (tertiary/aromatic N) is 3. The first-order valence-electron chi connectivity index (χ1n) is 5.80. The van der Waals surface area contributed by atoms with Crippen molar-refractivity contribution in [2.24, 2.45) is 0 Å². The summed E-state index contributed by atoms with van der Waals surface area (Å²) < 4.78 is 5.09. The Balaban J connectivity index is 2.33. The van der Waals surface area contributed by atoms with Crippen molar-refractivity contribution < 1.29 is 4.74 Å². The number of methoxy groups -OCH3 is 1. The largest absolute Gasteiger partial charge is 0.497 e. The monoisotopic (exact) mass is 254 g/mol. The van der Waals surface area contributed by atoms with Crippen molar-refractivity contribution in [1.82, 2.24) is 10.2 Å². The highest BCUT2D eigenvalue weighted by molar-refractivity contribution is 5.64. The third-order valence-corrected chi connectivity index (χ3v) is 2.92. The molecule has 96 valence electrons. The minimum absolute atomic E-state index is 0.468. The Morgan fingerprint density at radius 3 is 2.42 bits per heavy atom. The van der Waals surface area contributed by atoms with Gasteiger partial charge >= 0.3 is 0 Å². The number of hydrogen-bond acceptors (Lipinski definition) is 5. The lowest BCUT2D eigenvalue weighted by atomic mass is 10.1. The molecule has 5 heteroatoms. The van der Waals surface area contributed by atoms with Crippen LogP contribution in [-0.4, -0.2) is 17.3 Å². The van der Waals surface area contributed by atoms with E-state index in [1.54, 1.807) is 7.11 Å². The van der Waals surface area contributed by atoms with Gasteiger partial charge in [0.1, 0.15) is 17.4 Å². The number of aromatic nitrogens is 2. The number of benzene rings is 1. The SMILES string of the molecule is COc1ccc(Nc2nnc(C)c(C)c2C#N)cc1. The summed E-state index contributed by atoms with van der Waals surface area (Å²) in [6.07, 6.45) is 0. The van der Waals surface area contributed by atoms with Crippen LogP contribution in [0.4, 0.5) is 11.5 Å². The molecule has 0 aliphatic heterocycles. The zero-order chi connectivity index (χ0) is 13.8. The van der Waals surface area contributed by atoms with Crippen LogP contribution >= 0.6 is 0 Å². The second kappa shape index (κ2) is 5.36. The maximum Gasteiger partial charge on any atom is 0.171 e. The van der Waals surface area contributed by atoms with Gasteiger partial charge in [0, 0.05) is 5.69 Å². The lowest BCUT2D eigenvalue weighted by molar-refractivity contribution is 0.415. The van der Waals surface area contributed by atoms with Crippen LogP contribution < -0.4 is 10.1 Å². The van der Waals surface area contributed by atoms with Gasteiger partial charge in [-0.05, 0) is 43.7 Å². The van der Waals surface area contributed by atoms with E-state index in [0.29, 0.717) is 11.4 Å². The molecule has 1 heterocycles. The predicted molar refractivity (Wildman–Crippen MR) is 72.5 cm³/mol. The van der Waals surface area contributed by atoms with Crippen molar-refractivity contribution in [2.75, 3.05) is 12.4 Å². The smallest absolute Gasteiger partial charge is 0.171 e. The Kier molecular flexibility index (Phi) is 3.62. The molecule has 0 radical (unpaired) electrons. The first-order valence-corrected chi connectivity index (χ1v) is 5.80. The van der Waals surface area contributed by atoms with E-state index in [-0.39, 0.29) is 0 Å².